The maximum Gasteiger partial charge on any atom is 0.158 e. The molecule has 3 atom stereocenters. The zero-order chi connectivity index (χ0) is 19.6. The quantitative estimate of drug-likeness (QED) is 0.255. The molecule has 0 radical (unpaired) electrons. The van der Waals surface area contributed by atoms with Gasteiger partial charge in [-0.1, -0.05) is 103 Å². The van der Waals surface area contributed by atoms with E-state index in [0.717, 1.165) is 25.9 Å². The van der Waals surface area contributed by atoms with E-state index in [1.165, 1.54) is 96.3 Å². The first-order valence-corrected chi connectivity index (χ1v) is 12.2. The molecule has 0 saturated carbocycles. The van der Waals surface area contributed by atoms with Crippen LogP contribution in [0.1, 0.15) is 129 Å². The third-order valence-electron chi connectivity index (χ3n) is 5.91. The molecular weight excluding hydrogens is 336 g/mol. The minimum atomic E-state index is -0.319. The van der Waals surface area contributed by atoms with E-state index in [1.807, 2.05) is 6.92 Å². The highest BCUT2D eigenvalue weighted by atomic mass is 16.7. The van der Waals surface area contributed by atoms with E-state index < -0.39 is 0 Å². The van der Waals surface area contributed by atoms with Crippen LogP contribution in [0.2, 0.25) is 0 Å². The summed E-state index contributed by atoms with van der Waals surface area (Å²) >= 11 is 0. The molecule has 3 heteroatoms. The Kier molecular flexibility index (Phi) is 16.6. The second-order valence-corrected chi connectivity index (χ2v) is 8.59. The van der Waals surface area contributed by atoms with E-state index in [-0.39, 0.29) is 18.5 Å². The molecule has 0 aromatic carbocycles. The SMILES string of the molecule is CCCCCCCCCCCCCCCCCCOC1CCC(O)[C@H](C)O1. The Bertz CT molecular complexity index is 308. The van der Waals surface area contributed by atoms with Crippen molar-refractivity contribution in [2.24, 2.45) is 0 Å². The molecule has 0 spiro atoms. The van der Waals surface area contributed by atoms with Crippen molar-refractivity contribution >= 4 is 0 Å². The van der Waals surface area contributed by atoms with Crippen LogP contribution in [-0.4, -0.2) is 30.2 Å². The normalized spacial score (nSPS) is 23.0. The second-order valence-electron chi connectivity index (χ2n) is 8.59. The lowest BCUT2D eigenvalue weighted by atomic mass is 10.0. The average molecular weight is 385 g/mol. The van der Waals surface area contributed by atoms with Gasteiger partial charge < -0.3 is 14.6 Å². The lowest BCUT2D eigenvalue weighted by molar-refractivity contribution is -0.217. The molecule has 0 aromatic heterocycles. The first-order valence-electron chi connectivity index (χ1n) is 12.2. The minimum absolute atomic E-state index is 0.0884. The Balaban J connectivity index is 1.71. The molecule has 162 valence electrons. The van der Waals surface area contributed by atoms with E-state index in [9.17, 15) is 5.11 Å². The minimum Gasteiger partial charge on any atom is -0.390 e. The molecule has 0 aliphatic carbocycles. The number of rotatable bonds is 18. The van der Waals surface area contributed by atoms with Gasteiger partial charge in [0.15, 0.2) is 6.29 Å². The fraction of sp³-hybridized carbons (Fsp3) is 1.00. The number of ether oxygens (including phenoxy) is 2. The largest absolute Gasteiger partial charge is 0.390 e. The van der Waals surface area contributed by atoms with E-state index in [1.54, 1.807) is 0 Å². The highest BCUT2D eigenvalue weighted by Gasteiger charge is 2.26. The van der Waals surface area contributed by atoms with Crippen molar-refractivity contribution in [2.45, 2.75) is 148 Å². The van der Waals surface area contributed by atoms with Crippen LogP contribution in [0.5, 0.6) is 0 Å². The van der Waals surface area contributed by atoms with Crippen molar-refractivity contribution in [3.8, 4) is 0 Å². The zero-order valence-corrected chi connectivity index (χ0v) is 18.4. The standard InChI is InChI=1S/C24H48O3/c1-3-4-5-6-7-8-9-10-11-12-13-14-15-16-17-18-21-26-24-20-19-23(25)22(2)27-24/h22-25H,3-21H2,1-2H3/t22-,23?,24?/m0/s1. The van der Waals surface area contributed by atoms with Crippen LogP contribution in [0.15, 0.2) is 0 Å². The maximum atomic E-state index is 9.64. The number of hydrogen-bond donors (Lipinski definition) is 1. The van der Waals surface area contributed by atoms with Crippen LogP contribution < -0.4 is 0 Å². The fourth-order valence-electron chi connectivity index (χ4n) is 3.93. The van der Waals surface area contributed by atoms with Gasteiger partial charge >= 0.3 is 0 Å². The first kappa shape index (κ1) is 24.9. The molecule has 3 nitrogen and oxygen atoms in total. The topological polar surface area (TPSA) is 38.7 Å². The van der Waals surface area contributed by atoms with E-state index >= 15 is 0 Å². The summed E-state index contributed by atoms with van der Waals surface area (Å²) < 4.78 is 11.4. The van der Waals surface area contributed by atoms with Crippen molar-refractivity contribution in [3.63, 3.8) is 0 Å². The van der Waals surface area contributed by atoms with Gasteiger partial charge in [0.25, 0.3) is 0 Å². The molecule has 1 rings (SSSR count). The zero-order valence-electron chi connectivity index (χ0n) is 18.4. The summed E-state index contributed by atoms with van der Waals surface area (Å²) in [5.41, 5.74) is 0. The van der Waals surface area contributed by atoms with Gasteiger partial charge in [0.2, 0.25) is 0 Å². The van der Waals surface area contributed by atoms with Gasteiger partial charge in [-0.15, -0.1) is 0 Å². The third kappa shape index (κ3) is 14.5. The third-order valence-corrected chi connectivity index (χ3v) is 5.91. The predicted octanol–water partition coefficient (Wildman–Crippen LogP) is 7.15. The number of aliphatic hydroxyl groups is 1. The molecule has 1 N–H and O–H groups in total. The van der Waals surface area contributed by atoms with Crippen molar-refractivity contribution in [1.82, 2.24) is 0 Å². The van der Waals surface area contributed by atoms with Gasteiger partial charge in [-0.05, 0) is 19.8 Å². The summed E-state index contributed by atoms with van der Waals surface area (Å²) in [4.78, 5) is 0. The molecule has 0 aromatic rings. The van der Waals surface area contributed by atoms with Crippen LogP contribution in [0, 0.1) is 0 Å². The van der Waals surface area contributed by atoms with Gasteiger partial charge in [-0.3, -0.25) is 0 Å². The molecule has 2 unspecified atom stereocenters. The lowest BCUT2D eigenvalue weighted by Gasteiger charge is -2.31. The van der Waals surface area contributed by atoms with Crippen molar-refractivity contribution in [2.75, 3.05) is 6.61 Å². The van der Waals surface area contributed by atoms with Crippen molar-refractivity contribution in [3.05, 3.63) is 0 Å². The maximum absolute atomic E-state index is 9.64. The molecule has 0 amide bonds. The molecule has 27 heavy (non-hydrogen) atoms. The van der Waals surface area contributed by atoms with E-state index in [0.29, 0.717) is 0 Å². The Morgan fingerprint density at radius 2 is 1.15 bits per heavy atom. The summed E-state index contributed by atoms with van der Waals surface area (Å²) in [5, 5.41) is 9.64. The fourth-order valence-corrected chi connectivity index (χ4v) is 3.93. The Hall–Kier alpha value is -0.120. The molecule has 1 fully saturated rings. The molecule has 1 saturated heterocycles. The summed E-state index contributed by atoms with van der Waals surface area (Å²) in [5.74, 6) is 0. The molecule has 1 heterocycles. The van der Waals surface area contributed by atoms with E-state index in [2.05, 4.69) is 6.92 Å². The number of aliphatic hydroxyl groups excluding tert-OH is 1. The summed E-state index contributed by atoms with van der Waals surface area (Å²) in [7, 11) is 0. The molecule has 1 aliphatic rings. The highest BCUT2D eigenvalue weighted by molar-refractivity contribution is 4.71. The summed E-state index contributed by atoms with van der Waals surface area (Å²) in [6.07, 6.45) is 23.4. The van der Waals surface area contributed by atoms with Gasteiger partial charge in [0, 0.05) is 13.0 Å². The summed E-state index contributed by atoms with van der Waals surface area (Å²) in [6, 6.07) is 0. The van der Waals surface area contributed by atoms with Crippen LogP contribution in [0.25, 0.3) is 0 Å². The summed E-state index contributed by atoms with van der Waals surface area (Å²) in [6.45, 7) is 5.01. The van der Waals surface area contributed by atoms with Crippen LogP contribution in [0.3, 0.4) is 0 Å². The first-order chi connectivity index (χ1) is 13.2. The Morgan fingerprint density at radius 3 is 1.59 bits per heavy atom. The van der Waals surface area contributed by atoms with Crippen LogP contribution >= 0.6 is 0 Å². The highest BCUT2D eigenvalue weighted by Crippen LogP contribution is 2.20. The lowest BCUT2D eigenvalue weighted by Crippen LogP contribution is -2.38. The average Bonchev–Trinajstić information content (AvgIpc) is 2.67. The number of unbranched alkanes of at least 4 members (excludes halogenated alkanes) is 15. The van der Waals surface area contributed by atoms with Crippen LogP contribution in [-0.2, 0) is 9.47 Å². The van der Waals surface area contributed by atoms with Gasteiger partial charge in [0.05, 0.1) is 12.2 Å². The predicted molar refractivity (Wildman–Crippen MR) is 115 cm³/mol. The molecular formula is C24H48O3. The van der Waals surface area contributed by atoms with E-state index in [4.69, 9.17) is 9.47 Å². The van der Waals surface area contributed by atoms with Gasteiger partial charge in [0.1, 0.15) is 0 Å². The van der Waals surface area contributed by atoms with Gasteiger partial charge in [-0.25, -0.2) is 0 Å². The smallest absolute Gasteiger partial charge is 0.158 e. The van der Waals surface area contributed by atoms with Crippen molar-refractivity contribution in [1.29, 1.82) is 0 Å². The number of hydrogen-bond acceptors (Lipinski definition) is 3. The monoisotopic (exact) mass is 384 g/mol. The molecule has 0 bridgehead atoms. The Morgan fingerprint density at radius 1 is 0.704 bits per heavy atom. The van der Waals surface area contributed by atoms with Crippen molar-refractivity contribution < 1.29 is 14.6 Å². The second kappa shape index (κ2) is 17.9. The van der Waals surface area contributed by atoms with Crippen LogP contribution in [0.4, 0.5) is 0 Å². The molecule has 1 aliphatic heterocycles. The van der Waals surface area contributed by atoms with Gasteiger partial charge in [-0.2, -0.15) is 0 Å². The Labute approximate surface area is 169 Å².